The fraction of sp³-hybridized carbons (Fsp3) is 0.562. The summed E-state index contributed by atoms with van der Waals surface area (Å²) in [6.45, 7) is 9.35. The first-order valence-corrected chi connectivity index (χ1v) is 7.29. The third-order valence-electron chi connectivity index (χ3n) is 3.25. The Morgan fingerprint density at radius 2 is 1.85 bits per heavy atom. The highest BCUT2D eigenvalue weighted by molar-refractivity contribution is 5.85. The van der Waals surface area contributed by atoms with Crippen LogP contribution in [-0.2, 0) is 4.79 Å². The molecule has 20 heavy (non-hydrogen) atoms. The Balaban J connectivity index is 2.87. The predicted octanol–water partition coefficient (Wildman–Crippen LogP) is 2.06. The Hall–Kier alpha value is -1.55. The molecule has 1 rings (SSSR count). The second-order valence-electron chi connectivity index (χ2n) is 5.51. The van der Waals surface area contributed by atoms with Crippen LogP contribution in [0.3, 0.4) is 0 Å². The molecule has 0 saturated carbocycles. The molecular formula is C16H27N3O. The Kier molecular flexibility index (Phi) is 6.52. The number of rotatable bonds is 7. The van der Waals surface area contributed by atoms with Crippen molar-refractivity contribution < 1.29 is 4.79 Å². The van der Waals surface area contributed by atoms with Gasteiger partial charge >= 0.3 is 0 Å². The van der Waals surface area contributed by atoms with Gasteiger partial charge in [0, 0.05) is 18.3 Å². The molecule has 0 heterocycles. The number of carbonyl (C=O) groups is 1. The highest BCUT2D eigenvalue weighted by Gasteiger charge is 2.21. The standard InChI is InChI=1S/C16H27N3O/c1-12(2)18-16(20)14(4)19(11-5-10-17)15-8-6-13(3)7-9-15/h6-9,12,14H,5,10-11,17H2,1-4H3,(H,18,20). The number of aryl methyl sites for hydroxylation is 1. The molecule has 4 heteroatoms. The molecule has 1 unspecified atom stereocenters. The summed E-state index contributed by atoms with van der Waals surface area (Å²) >= 11 is 0. The maximum atomic E-state index is 12.2. The average molecular weight is 277 g/mol. The van der Waals surface area contributed by atoms with Gasteiger partial charge in [-0.2, -0.15) is 0 Å². The van der Waals surface area contributed by atoms with E-state index in [9.17, 15) is 4.79 Å². The van der Waals surface area contributed by atoms with Gasteiger partial charge in [-0.15, -0.1) is 0 Å². The van der Waals surface area contributed by atoms with Gasteiger partial charge in [0.1, 0.15) is 6.04 Å². The summed E-state index contributed by atoms with van der Waals surface area (Å²) < 4.78 is 0. The van der Waals surface area contributed by atoms with Crippen LogP contribution in [0.2, 0.25) is 0 Å². The van der Waals surface area contributed by atoms with E-state index >= 15 is 0 Å². The van der Waals surface area contributed by atoms with Gasteiger partial charge in [0.15, 0.2) is 0 Å². The van der Waals surface area contributed by atoms with Crippen LogP contribution in [0.15, 0.2) is 24.3 Å². The van der Waals surface area contributed by atoms with Crippen LogP contribution in [0, 0.1) is 6.92 Å². The Bertz CT molecular complexity index is 414. The molecule has 0 aliphatic carbocycles. The van der Waals surface area contributed by atoms with Gasteiger partial charge in [-0.25, -0.2) is 0 Å². The van der Waals surface area contributed by atoms with Crippen molar-refractivity contribution in [2.75, 3.05) is 18.0 Å². The number of nitrogens with zero attached hydrogens (tertiary/aromatic N) is 1. The normalized spacial score (nSPS) is 12.3. The molecule has 1 amide bonds. The van der Waals surface area contributed by atoms with Gasteiger partial charge < -0.3 is 16.0 Å². The summed E-state index contributed by atoms with van der Waals surface area (Å²) in [6.07, 6.45) is 0.868. The van der Waals surface area contributed by atoms with Gasteiger partial charge in [-0.1, -0.05) is 17.7 Å². The molecule has 1 atom stereocenters. The van der Waals surface area contributed by atoms with Crippen molar-refractivity contribution >= 4 is 11.6 Å². The largest absolute Gasteiger partial charge is 0.360 e. The molecular weight excluding hydrogens is 250 g/mol. The topological polar surface area (TPSA) is 58.4 Å². The van der Waals surface area contributed by atoms with Crippen molar-refractivity contribution in [1.29, 1.82) is 0 Å². The van der Waals surface area contributed by atoms with Gasteiger partial charge in [0.25, 0.3) is 0 Å². The summed E-state index contributed by atoms with van der Waals surface area (Å²) in [7, 11) is 0. The van der Waals surface area contributed by atoms with Gasteiger partial charge in [0.2, 0.25) is 5.91 Å². The summed E-state index contributed by atoms with van der Waals surface area (Å²) in [5.41, 5.74) is 7.89. The second-order valence-corrected chi connectivity index (χ2v) is 5.51. The highest BCUT2D eigenvalue weighted by atomic mass is 16.2. The van der Waals surface area contributed by atoms with Crippen LogP contribution in [0.25, 0.3) is 0 Å². The zero-order valence-electron chi connectivity index (χ0n) is 13.0. The molecule has 0 aliphatic rings. The zero-order valence-corrected chi connectivity index (χ0v) is 13.0. The lowest BCUT2D eigenvalue weighted by molar-refractivity contribution is -0.122. The molecule has 0 aromatic heterocycles. The lowest BCUT2D eigenvalue weighted by atomic mass is 10.1. The number of nitrogens with one attached hydrogen (secondary N) is 1. The van der Waals surface area contributed by atoms with Gasteiger partial charge in [-0.3, -0.25) is 4.79 Å². The Morgan fingerprint density at radius 1 is 1.25 bits per heavy atom. The zero-order chi connectivity index (χ0) is 15.1. The highest BCUT2D eigenvalue weighted by Crippen LogP contribution is 2.18. The fourth-order valence-corrected chi connectivity index (χ4v) is 2.09. The first kappa shape index (κ1) is 16.5. The van der Waals surface area contributed by atoms with E-state index in [2.05, 4.69) is 41.4 Å². The van der Waals surface area contributed by atoms with E-state index in [0.717, 1.165) is 18.7 Å². The Labute approximate surface area is 122 Å². The summed E-state index contributed by atoms with van der Waals surface area (Å²) in [5, 5.41) is 2.97. The van der Waals surface area contributed by atoms with Crippen LogP contribution in [-0.4, -0.2) is 31.1 Å². The molecule has 0 fully saturated rings. The number of carbonyl (C=O) groups excluding carboxylic acids is 1. The first-order valence-electron chi connectivity index (χ1n) is 7.29. The second kappa shape index (κ2) is 7.90. The van der Waals surface area contributed by atoms with E-state index in [1.807, 2.05) is 20.8 Å². The summed E-state index contributed by atoms with van der Waals surface area (Å²) in [5.74, 6) is 0.0533. The minimum Gasteiger partial charge on any atom is -0.360 e. The molecule has 4 nitrogen and oxygen atoms in total. The van der Waals surface area contributed by atoms with Crippen LogP contribution in [0.4, 0.5) is 5.69 Å². The van der Waals surface area contributed by atoms with Crippen molar-refractivity contribution in [1.82, 2.24) is 5.32 Å². The number of anilines is 1. The van der Waals surface area contributed by atoms with E-state index in [1.54, 1.807) is 0 Å². The number of amides is 1. The van der Waals surface area contributed by atoms with Crippen LogP contribution in [0.1, 0.15) is 32.8 Å². The Morgan fingerprint density at radius 3 is 2.35 bits per heavy atom. The lowest BCUT2D eigenvalue weighted by Crippen LogP contribution is -2.47. The maximum Gasteiger partial charge on any atom is 0.242 e. The van der Waals surface area contributed by atoms with E-state index in [-0.39, 0.29) is 18.0 Å². The molecule has 0 bridgehead atoms. The van der Waals surface area contributed by atoms with Crippen LogP contribution < -0.4 is 16.0 Å². The van der Waals surface area contributed by atoms with Gasteiger partial charge in [0.05, 0.1) is 0 Å². The molecule has 0 spiro atoms. The van der Waals surface area contributed by atoms with E-state index in [0.29, 0.717) is 6.54 Å². The molecule has 3 N–H and O–H groups in total. The minimum atomic E-state index is -0.202. The van der Waals surface area contributed by atoms with Crippen LogP contribution >= 0.6 is 0 Å². The molecule has 1 aromatic carbocycles. The molecule has 0 aliphatic heterocycles. The monoisotopic (exact) mass is 277 g/mol. The maximum absolute atomic E-state index is 12.2. The lowest BCUT2D eigenvalue weighted by Gasteiger charge is -2.31. The van der Waals surface area contributed by atoms with Crippen molar-refractivity contribution in [3.8, 4) is 0 Å². The molecule has 0 radical (unpaired) electrons. The van der Waals surface area contributed by atoms with E-state index in [1.165, 1.54) is 5.56 Å². The fourth-order valence-electron chi connectivity index (χ4n) is 2.09. The third-order valence-corrected chi connectivity index (χ3v) is 3.25. The molecule has 1 aromatic rings. The molecule has 0 saturated heterocycles. The summed E-state index contributed by atoms with van der Waals surface area (Å²) in [6, 6.07) is 8.21. The first-order chi connectivity index (χ1) is 9.45. The van der Waals surface area contributed by atoms with Crippen molar-refractivity contribution in [3.05, 3.63) is 29.8 Å². The number of benzene rings is 1. The number of hydrogen-bond donors (Lipinski definition) is 2. The SMILES string of the molecule is Cc1ccc(N(CCCN)C(C)C(=O)NC(C)C)cc1. The number of hydrogen-bond acceptors (Lipinski definition) is 3. The van der Waals surface area contributed by atoms with Gasteiger partial charge in [-0.05, 0) is 52.8 Å². The minimum absolute atomic E-state index is 0.0533. The molecule has 112 valence electrons. The summed E-state index contributed by atoms with van der Waals surface area (Å²) in [4.78, 5) is 14.3. The quantitative estimate of drug-likeness (QED) is 0.802. The van der Waals surface area contributed by atoms with Crippen molar-refractivity contribution in [2.24, 2.45) is 5.73 Å². The van der Waals surface area contributed by atoms with Crippen molar-refractivity contribution in [3.63, 3.8) is 0 Å². The smallest absolute Gasteiger partial charge is 0.242 e. The average Bonchev–Trinajstić information content (AvgIpc) is 2.40. The predicted molar refractivity (Wildman–Crippen MR) is 84.9 cm³/mol. The third kappa shape index (κ3) is 4.85. The van der Waals surface area contributed by atoms with Crippen LogP contribution in [0.5, 0.6) is 0 Å². The van der Waals surface area contributed by atoms with Crippen molar-refractivity contribution in [2.45, 2.75) is 46.2 Å². The van der Waals surface area contributed by atoms with E-state index < -0.39 is 0 Å². The van der Waals surface area contributed by atoms with E-state index in [4.69, 9.17) is 5.73 Å². The number of nitrogens with two attached hydrogens (primary N) is 1.